The van der Waals surface area contributed by atoms with Gasteiger partial charge in [-0.15, -0.1) is 0 Å². The SMILES string of the molecule is COCCN(CCC(C)(N)C#N)C(C)C1CC1. The highest BCUT2D eigenvalue weighted by Crippen LogP contribution is 2.35. The van der Waals surface area contributed by atoms with Crippen LogP contribution in [-0.4, -0.2) is 43.3 Å². The minimum Gasteiger partial charge on any atom is -0.383 e. The van der Waals surface area contributed by atoms with Gasteiger partial charge in [-0.25, -0.2) is 0 Å². The van der Waals surface area contributed by atoms with Crippen LogP contribution >= 0.6 is 0 Å². The molecule has 0 amide bonds. The Kier molecular flexibility index (Phi) is 5.38. The average molecular weight is 239 g/mol. The number of rotatable bonds is 8. The van der Waals surface area contributed by atoms with Crippen LogP contribution in [0.5, 0.6) is 0 Å². The number of nitriles is 1. The maximum Gasteiger partial charge on any atom is 0.102 e. The second-order valence-corrected chi connectivity index (χ2v) is 5.39. The van der Waals surface area contributed by atoms with E-state index in [4.69, 9.17) is 15.7 Å². The van der Waals surface area contributed by atoms with Gasteiger partial charge in [-0.2, -0.15) is 5.26 Å². The number of hydrogen-bond acceptors (Lipinski definition) is 4. The monoisotopic (exact) mass is 239 g/mol. The van der Waals surface area contributed by atoms with Crippen LogP contribution in [0.4, 0.5) is 0 Å². The molecule has 2 atom stereocenters. The van der Waals surface area contributed by atoms with Crippen LogP contribution in [-0.2, 0) is 4.74 Å². The molecule has 2 N–H and O–H groups in total. The number of methoxy groups -OCH3 is 1. The number of hydrogen-bond donors (Lipinski definition) is 1. The lowest BCUT2D eigenvalue weighted by Gasteiger charge is -2.30. The first kappa shape index (κ1) is 14.4. The molecule has 4 heteroatoms. The topological polar surface area (TPSA) is 62.3 Å². The molecule has 1 fully saturated rings. The molecule has 1 saturated carbocycles. The third-order valence-electron chi connectivity index (χ3n) is 3.64. The van der Waals surface area contributed by atoms with Gasteiger partial charge in [-0.1, -0.05) is 0 Å². The molecule has 1 aliphatic rings. The fourth-order valence-electron chi connectivity index (χ4n) is 2.04. The Balaban J connectivity index is 2.42. The van der Waals surface area contributed by atoms with E-state index in [0.29, 0.717) is 12.5 Å². The van der Waals surface area contributed by atoms with Crippen molar-refractivity contribution in [1.82, 2.24) is 4.90 Å². The molecule has 0 heterocycles. The Hall–Kier alpha value is -0.630. The summed E-state index contributed by atoms with van der Waals surface area (Å²) in [6, 6.07) is 2.74. The van der Waals surface area contributed by atoms with Gasteiger partial charge in [0.2, 0.25) is 0 Å². The van der Waals surface area contributed by atoms with Gasteiger partial charge in [0.25, 0.3) is 0 Å². The summed E-state index contributed by atoms with van der Waals surface area (Å²) < 4.78 is 5.14. The molecular formula is C13H25N3O. The van der Waals surface area contributed by atoms with Gasteiger partial charge in [0.15, 0.2) is 0 Å². The zero-order valence-corrected chi connectivity index (χ0v) is 11.3. The van der Waals surface area contributed by atoms with Crippen molar-refractivity contribution in [3.05, 3.63) is 0 Å². The van der Waals surface area contributed by atoms with E-state index in [-0.39, 0.29) is 0 Å². The van der Waals surface area contributed by atoms with E-state index >= 15 is 0 Å². The van der Waals surface area contributed by atoms with Gasteiger partial charge in [0.05, 0.1) is 12.7 Å². The summed E-state index contributed by atoms with van der Waals surface area (Å²) in [5, 5.41) is 8.92. The van der Waals surface area contributed by atoms with E-state index in [1.807, 2.05) is 0 Å². The molecule has 2 unspecified atom stereocenters. The Morgan fingerprint density at radius 2 is 2.18 bits per heavy atom. The van der Waals surface area contributed by atoms with E-state index in [9.17, 15) is 0 Å². The van der Waals surface area contributed by atoms with Gasteiger partial charge in [0.1, 0.15) is 5.54 Å². The molecule has 0 aromatic heterocycles. The van der Waals surface area contributed by atoms with Crippen molar-refractivity contribution >= 4 is 0 Å². The van der Waals surface area contributed by atoms with Crippen molar-refractivity contribution in [2.75, 3.05) is 26.8 Å². The van der Waals surface area contributed by atoms with Crippen LogP contribution in [0.1, 0.15) is 33.1 Å². The van der Waals surface area contributed by atoms with Crippen LogP contribution in [0, 0.1) is 17.2 Å². The largest absolute Gasteiger partial charge is 0.383 e. The first-order chi connectivity index (χ1) is 8.00. The van der Waals surface area contributed by atoms with E-state index in [1.54, 1.807) is 14.0 Å². The third-order valence-corrected chi connectivity index (χ3v) is 3.64. The highest BCUT2D eigenvalue weighted by Gasteiger charge is 2.32. The van der Waals surface area contributed by atoms with Crippen LogP contribution in [0.3, 0.4) is 0 Å². The van der Waals surface area contributed by atoms with Crippen molar-refractivity contribution in [1.29, 1.82) is 5.26 Å². The molecule has 0 aromatic carbocycles. The molecular weight excluding hydrogens is 214 g/mol. The van der Waals surface area contributed by atoms with Gasteiger partial charge < -0.3 is 10.5 Å². The van der Waals surface area contributed by atoms with Crippen LogP contribution in [0.25, 0.3) is 0 Å². The smallest absolute Gasteiger partial charge is 0.102 e. The maximum absolute atomic E-state index is 8.92. The highest BCUT2D eigenvalue weighted by molar-refractivity contribution is 5.01. The number of nitrogens with zero attached hydrogens (tertiary/aromatic N) is 2. The minimum absolute atomic E-state index is 0.583. The maximum atomic E-state index is 8.92. The van der Waals surface area contributed by atoms with Crippen LogP contribution in [0.15, 0.2) is 0 Å². The van der Waals surface area contributed by atoms with Gasteiger partial charge in [-0.3, -0.25) is 4.90 Å². The zero-order valence-electron chi connectivity index (χ0n) is 11.3. The Labute approximate surface area is 105 Å². The van der Waals surface area contributed by atoms with Crippen molar-refractivity contribution in [2.24, 2.45) is 11.7 Å². The fourth-order valence-corrected chi connectivity index (χ4v) is 2.04. The fraction of sp³-hybridized carbons (Fsp3) is 0.923. The summed E-state index contributed by atoms with van der Waals surface area (Å²) in [6.07, 6.45) is 3.38. The molecule has 0 aromatic rings. The highest BCUT2D eigenvalue weighted by atomic mass is 16.5. The van der Waals surface area contributed by atoms with E-state index in [1.165, 1.54) is 12.8 Å². The normalized spacial score (nSPS) is 20.9. The lowest BCUT2D eigenvalue weighted by Crippen LogP contribution is -2.43. The first-order valence-corrected chi connectivity index (χ1v) is 6.43. The Bertz CT molecular complexity index is 268. The molecule has 1 aliphatic carbocycles. The molecule has 0 radical (unpaired) electrons. The molecule has 1 rings (SSSR count). The molecule has 0 saturated heterocycles. The molecule has 17 heavy (non-hydrogen) atoms. The van der Waals surface area contributed by atoms with Crippen molar-refractivity contribution in [2.45, 2.75) is 44.7 Å². The third kappa shape index (κ3) is 5.03. The minimum atomic E-state index is -0.714. The molecule has 0 aliphatic heterocycles. The predicted molar refractivity (Wildman–Crippen MR) is 68.5 cm³/mol. The summed E-state index contributed by atoms with van der Waals surface area (Å²) in [7, 11) is 1.72. The summed E-state index contributed by atoms with van der Waals surface area (Å²) in [5.74, 6) is 0.831. The predicted octanol–water partition coefficient (Wildman–Crippen LogP) is 1.36. The van der Waals surface area contributed by atoms with Crippen molar-refractivity contribution < 1.29 is 4.74 Å². The zero-order chi connectivity index (χ0) is 12.9. The summed E-state index contributed by atoms with van der Waals surface area (Å²) in [4.78, 5) is 2.41. The second-order valence-electron chi connectivity index (χ2n) is 5.39. The molecule has 98 valence electrons. The lowest BCUT2D eigenvalue weighted by molar-refractivity contribution is 0.112. The lowest BCUT2D eigenvalue weighted by atomic mass is 10.0. The first-order valence-electron chi connectivity index (χ1n) is 6.43. The van der Waals surface area contributed by atoms with Crippen LogP contribution in [0.2, 0.25) is 0 Å². The van der Waals surface area contributed by atoms with E-state index < -0.39 is 5.54 Å². The number of nitrogens with two attached hydrogens (primary N) is 1. The Morgan fingerprint density at radius 1 is 1.53 bits per heavy atom. The van der Waals surface area contributed by atoms with Crippen molar-refractivity contribution in [3.8, 4) is 6.07 Å². The van der Waals surface area contributed by atoms with Gasteiger partial charge >= 0.3 is 0 Å². The molecule has 0 bridgehead atoms. The molecule has 4 nitrogen and oxygen atoms in total. The van der Waals surface area contributed by atoms with E-state index in [0.717, 1.165) is 25.6 Å². The summed E-state index contributed by atoms with van der Waals surface area (Å²) in [6.45, 7) is 6.61. The standard InChI is InChI=1S/C13H25N3O/c1-11(12-4-5-12)16(8-9-17-3)7-6-13(2,15)10-14/h11-12H,4-9,15H2,1-3H3. The van der Waals surface area contributed by atoms with Gasteiger partial charge in [0, 0.05) is 26.2 Å². The van der Waals surface area contributed by atoms with Crippen LogP contribution < -0.4 is 5.73 Å². The van der Waals surface area contributed by atoms with E-state index in [2.05, 4.69) is 17.9 Å². The summed E-state index contributed by atoms with van der Waals surface area (Å²) >= 11 is 0. The second kappa shape index (κ2) is 6.34. The van der Waals surface area contributed by atoms with Gasteiger partial charge in [-0.05, 0) is 39.0 Å². The Morgan fingerprint density at radius 3 is 2.65 bits per heavy atom. The molecule has 0 spiro atoms. The quantitative estimate of drug-likeness (QED) is 0.695. The average Bonchev–Trinajstić information content (AvgIpc) is 3.12. The number of ether oxygens (including phenoxy) is 1. The van der Waals surface area contributed by atoms with Crippen molar-refractivity contribution in [3.63, 3.8) is 0 Å². The summed E-state index contributed by atoms with van der Waals surface area (Å²) in [5.41, 5.74) is 5.15.